The monoisotopic (exact) mass is 311 g/mol. The average Bonchev–Trinajstić information content (AvgIpc) is 2.36. The van der Waals surface area contributed by atoms with Gasteiger partial charge in [-0.05, 0) is 41.8 Å². The fourth-order valence-corrected chi connectivity index (χ4v) is 2.75. The fraction of sp³-hybridized carbons (Fsp3) is 0.200. The van der Waals surface area contributed by atoms with Crippen LogP contribution in [-0.4, -0.2) is 14.7 Å². The van der Waals surface area contributed by atoms with E-state index in [9.17, 15) is 17.2 Å². The molecule has 0 bridgehead atoms. The SMILES string of the molecule is CS(=O)(=O)c1cccc(C(N)Cc2cc(F)cc(F)c2)c1. The Kier molecular flexibility index (Phi) is 4.39. The zero-order chi connectivity index (χ0) is 15.6. The van der Waals surface area contributed by atoms with Gasteiger partial charge in [-0.3, -0.25) is 0 Å². The summed E-state index contributed by atoms with van der Waals surface area (Å²) in [6, 6.07) is 8.91. The molecule has 0 heterocycles. The molecule has 0 saturated heterocycles. The predicted octanol–water partition coefficient (Wildman–Crippen LogP) is 2.61. The van der Waals surface area contributed by atoms with E-state index in [0.29, 0.717) is 11.1 Å². The highest BCUT2D eigenvalue weighted by molar-refractivity contribution is 7.90. The molecular formula is C15H15F2NO2S. The van der Waals surface area contributed by atoms with E-state index in [0.717, 1.165) is 12.3 Å². The van der Waals surface area contributed by atoms with E-state index in [-0.39, 0.29) is 11.3 Å². The van der Waals surface area contributed by atoms with Gasteiger partial charge in [0.1, 0.15) is 11.6 Å². The third-order valence-corrected chi connectivity index (χ3v) is 4.20. The van der Waals surface area contributed by atoms with Crippen LogP contribution in [0.3, 0.4) is 0 Å². The third kappa shape index (κ3) is 4.09. The Labute approximate surface area is 122 Å². The summed E-state index contributed by atoms with van der Waals surface area (Å²) in [4.78, 5) is 0.167. The fourth-order valence-electron chi connectivity index (χ4n) is 2.08. The molecule has 0 spiro atoms. The number of benzene rings is 2. The maximum atomic E-state index is 13.1. The molecule has 6 heteroatoms. The van der Waals surface area contributed by atoms with Gasteiger partial charge in [0.05, 0.1) is 4.90 Å². The summed E-state index contributed by atoms with van der Waals surface area (Å²) >= 11 is 0. The van der Waals surface area contributed by atoms with Gasteiger partial charge in [0.2, 0.25) is 0 Å². The molecule has 3 nitrogen and oxygen atoms in total. The summed E-state index contributed by atoms with van der Waals surface area (Å²) in [5.41, 5.74) is 7.02. The van der Waals surface area contributed by atoms with Crippen molar-refractivity contribution in [1.29, 1.82) is 0 Å². The summed E-state index contributed by atoms with van der Waals surface area (Å²) < 4.78 is 49.3. The minimum absolute atomic E-state index is 0.167. The number of nitrogens with two attached hydrogens (primary N) is 1. The Morgan fingerprint density at radius 1 is 1.10 bits per heavy atom. The summed E-state index contributed by atoms with van der Waals surface area (Å²) in [5, 5.41) is 0. The van der Waals surface area contributed by atoms with Crippen molar-refractivity contribution in [3.63, 3.8) is 0 Å². The Bertz CT molecular complexity index is 740. The van der Waals surface area contributed by atoms with Crippen molar-refractivity contribution in [2.45, 2.75) is 17.4 Å². The molecule has 2 aromatic rings. The number of halogens is 2. The predicted molar refractivity (Wildman–Crippen MR) is 76.5 cm³/mol. The van der Waals surface area contributed by atoms with Gasteiger partial charge in [-0.15, -0.1) is 0 Å². The van der Waals surface area contributed by atoms with Crippen molar-refractivity contribution < 1.29 is 17.2 Å². The van der Waals surface area contributed by atoms with Crippen LogP contribution in [0.5, 0.6) is 0 Å². The van der Waals surface area contributed by atoms with Crippen molar-refractivity contribution in [3.8, 4) is 0 Å². The lowest BCUT2D eigenvalue weighted by Crippen LogP contribution is -2.14. The van der Waals surface area contributed by atoms with Crippen molar-refractivity contribution in [2.24, 2.45) is 5.73 Å². The molecule has 0 amide bonds. The second kappa shape index (κ2) is 5.91. The summed E-state index contributed by atoms with van der Waals surface area (Å²) in [6.07, 6.45) is 1.32. The molecule has 112 valence electrons. The number of hydrogen-bond donors (Lipinski definition) is 1. The number of rotatable bonds is 4. The van der Waals surface area contributed by atoms with Crippen LogP contribution in [0.1, 0.15) is 17.2 Å². The van der Waals surface area contributed by atoms with Gasteiger partial charge in [0.25, 0.3) is 0 Å². The standard InChI is InChI=1S/C15H15F2NO2S/c1-21(19,20)14-4-2-3-11(8-14)15(18)7-10-5-12(16)9-13(17)6-10/h2-6,8-9,15H,7,18H2,1H3. The molecule has 2 rings (SSSR count). The first-order valence-electron chi connectivity index (χ1n) is 6.26. The first-order valence-corrected chi connectivity index (χ1v) is 8.15. The zero-order valence-electron chi connectivity index (χ0n) is 11.4. The van der Waals surface area contributed by atoms with Crippen LogP contribution in [0, 0.1) is 11.6 Å². The van der Waals surface area contributed by atoms with E-state index in [1.165, 1.54) is 24.3 Å². The first-order chi connectivity index (χ1) is 9.75. The van der Waals surface area contributed by atoms with Crippen molar-refractivity contribution in [1.82, 2.24) is 0 Å². The Morgan fingerprint density at radius 2 is 1.71 bits per heavy atom. The molecular weight excluding hydrogens is 296 g/mol. The quantitative estimate of drug-likeness (QED) is 0.944. The van der Waals surface area contributed by atoms with Crippen molar-refractivity contribution in [2.75, 3.05) is 6.26 Å². The normalized spacial score (nSPS) is 13.1. The van der Waals surface area contributed by atoms with Gasteiger partial charge < -0.3 is 5.73 Å². The average molecular weight is 311 g/mol. The molecule has 1 unspecified atom stereocenters. The van der Waals surface area contributed by atoms with Gasteiger partial charge in [-0.2, -0.15) is 0 Å². The zero-order valence-corrected chi connectivity index (χ0v) is 12.2. The molecule has 0 fully saturated rings. The largest absolute Gasteiger partial charge is 0.324 e. The second-order valence-electron chi connectivity index (χ2n) is 4.93. The van der Waals surface area contributed by atoms with E-state index in [2.05, 4.69) is 0 Å². The number of sulfone groups is 1. The molecule has 0 saturated carbocycles. The summed E-state index contributed by atoms with van der Waals surface area (Å²) in [7, 11) is -3.32. The molecule has 0 aromatic heterocycles. The van der Waals surface area contributed by atoms with E-state index in [1.54, 1.807) is 12.1 Å². The molecule has 0 aliphatic carbocycles. The van der Waals surface area contributed by atoms with Gasteiger partial charge in [0, 0.05) is 18.4 Å². The smallest absolute Gasteiger partial charge is 0.175 e. The maximum absolute atomic E-state index is 13.1. The summed E-state index contributed by atoms with van der Waals surface area (Å²) in [6.45, 7) is 0. The van der Waals surface area contributed by atoms with Gasteiger partial charge >= 0.3 is 0 Å². The van der Waals surface area contributed by atoms with Gasteiger partial charge in [-0.1, -0.05) is 12.1 Å². The highest BCUT2D eigenvalue weighted by Crippen LogP contribution is 2.20. The van der Waals surface area contributed by atoms with Crippen LogP contribution < -0.4 is 5.73 Å². The second-order valence-corrected chi connectivity index (χ2v) is 6.95. The van der Waals surface area contributed by atoms with E-state index in [4.69, 9.17) is 5.73 Å². The van der Waals surface area contributed by atoms with Crippen molar-refractivity contribution >= 4 is 9.84 Å². The Balaban J connectivity index is 2.26. The van der Waals surface area contributed by atoms with Crippen LogP contribution in [0.4, 0.5) is 8.78 Å². The molecule has 21 heavy (non-hydrogen) atoms. The van der Waals surface area contributed by atoms with Crippen LogP contribution in [-0.2, 0) is 16.3 Å². The minimum atomic E-state index is -3.32. The minimum Gasteiger partial charge on any atom is -0.324 e. The topological polar surface area (TPSA) is 60.2 Å². The Hall–Kier alpha value is -1.79. The van der Waals surface area contributed by atoms with Crippen LogP contribution in [0.2, 0.25) is 0 Å². The number of hydrogen-bond acceptors (Lipinski definition) is 3. The van der Waals surface area contributed by atoms with Crippen LogP contribution in [0.15, 0.2) is 47.4 Å². The van der Waals surface area contributed by atoms with E-state index in [1.807, 2.05) is 0 Å². The molecule has 0 radical (unpaired) electrons. The lowest BCUT2D eigenvalue weighted by molar-refractivity contribution is 0.576. The molecule has 0 aliphatic heterocycles. The molecule has 0 aliphatic rings. The van der Waals surface area contributed by atoms with Crippen molar-refractivity contribution in [3.05, 3.63) is 65.2 Å². The highest BCUT2D eigenvalue weighted by Gasteiger charge is 2.13. The summed E-state index contributed by atoms with van der Waals surface area (Å²) in [5.74, 6) is -1.33. The molecule has 1 atom stereocenters. The van der Waals surface area contributed by atoms with Crippen LogP contribution in [0.25, 0.3) is 0 Å². The highest BCUT2D eigenvalue weighted by atomic mass is 32.2. The van der Waals surface area contributed by atoms with Gasteiger partial charge in [0.15, 0.2) is 9.84 Å². The molecule has 2 N–H and O–H groups in total. The lowest BCUT2D eigenvalue weighted by Gasteiger charge is -2.13. The third-order valence-electron chi connectivity index (χ3n) is 3.09. The maximum Gasteiger partial charge on any atom is 0.175 e. The first kappa shape index (κ1) is 15.6. The van der Waals surface area contributed by atoms with E-state index < -0.39 is 27.5 Å². The van der Waals surface area contributed by atoms with E-state index >= 15 is 0 Å². The lowest BCUT2D eigenvalue weighted by atomic mass is 9.99. The molecule has 2 aromatic carbocycles. The Morgan fingerprint density at radius 3 is 2.29 bits per heavy atom. The van der Waals surface area contributed by atoms with Gasteiger partial charge in [-0.25, -0.2) is 17.2 Å². The van der Waals surface area contributed by atoms with Crippen LogP contribution >= 0.6 is 0 Å².